The summed E-state index contributed by atoms with van der Waals surface area (Å²) < 4.78 is 5.26. The average molecular weight is 243 g/mol. The minimum atomic E-state index is -0.0892. The van der Waals surface area contributed by atoms with Gasteiger partial charge >= 0.3 is 0 Å². The van der Waals surface area contributed by atoms with E-state index in [-0.39, 0.29) is 5.91 Å². The number of aryl methyl sites for hydroxylation is 2. The molecule has 94 valence electrons. The maximum absolute atomic E-state index is 11.3. The van der Waals surface area contributed by atoms with E-state index in [2.05, 4.69) is 23.7 Å². The Kier molecular flexibility index (Phi) is 3.54. The van der Waals surface area contributed by atoms with E-state index in [1.807, 2.05) is 6.07 Å². The Morgan fingerprint density at radius 1 is 1.39 bits per heavy atom. The van der Waals surface area contributed by atoms with Crippen LogP contribution in [0, 0.1) is 0 Å². The van der Waals surface area contributed by atoms with Crippen LogP contribution in [0.5, 0.6) is 0 Å². The minimum absolute atomic E-state index is 0.0892. The van der Waals surface area contributed by atoms with Crippen LogP contribution in [0.25, 0.3) is 5.76 Å². The quantitative estimate of drug-likeness (QED) is 0.655. The van der Waals surface area contributed by atoms with Gasteiger partial charge in [0.25, 0.3) is 0 Å². The van der Waals surface area contributed by atoms with Crippen LogP contribution < -0.4 is 5.32 Å². The smallest absolute Gasteiger partial charge is 0.221 e. The second-order valence-corrected chi connectivity index (χ2v) is 4.41. The zero-order valence-electron chi connectivity index (χ0n) is 10.8. The van der Waals surface area contributed by atoms with E-state index in [1.54, 1.807) is 7.11 Å². The number of carbonyl (C=O) groups is 1. The van der Waals surface area contributed by atoms with Crippen molar-refractivity contribution in [2.75, 3.05) is 12.4 Å². The molecule has 0 saturated carbocycles. The van der Waals surface area contributed by atoms with Gasteiger partial charge in [0.2, 0.25) is 5.91 Å². The number of amides is 1. The Morgan fingerprint density at radius 3 is 2.61 bits per heavy atom. The van der Waals surface area contributed by atoms with Gasteiger partial charge < -0.3 is 10.1 Å². The summed E-state index contributed by atoms with van der Waals surface area (Å²) in [6, 6.07) is 4.11. The molecule has 0 fully saturated rings. The van der Waals surface area contributed by atoms with Gasteiger partial charge in [-0.2, -0.15) is 0 Å². The van der Waals surface area contributed by atoms with Crippen molar-refractivity contribution in [1.29, 1.82) is 0 Å². The van der Waals surface area contributed by atoms with Crippen molar-refractivity contribution in [3.05, 3.63) is 41.1 Å². The Morgan fingerprint density at radius 2 is 2.06 bits per heavy atom. The second kappa shape index (κ2) is 5.11. The molecule has 1 N–H and O–H groups in total. The number of fused-ring (bicyclic) bond motifs is 1. The number of hydrogen-bond acceptors (Lipinski definition) is 2. The van der Waals surface area contributed by atoms with Crippen molar-refractivity contribution in [3.63, 3.8) is 0 Å². The first kappa shape index (κ1) is 12.5. The molecule has 18 heavy (non-hydrogen) atoms. The van der Waals surface area contributed by atoms with Gasteiger partial charge in [0.15, 0.2) is 5.76 Å². The predicted octanol–water partition coefficient (Wildman–Crippen LogP) is 2.91. The van der Waals surface area contributed by atoms with Gasteiger partial charge in [-0.15, -0.1) is 0 Å². The molecule has 0 saturated heterocycles. The van der Waals surface area contributed by atoms with Gasteiger partial charge in [-0.1, -0.05) is 12.3 Å². The topological polar surface area (TPSA) is 38.3 Å². The summed E-state index contributed by atoms with van der Waals surface area (Å²) in [6.45, 7) is 5.12. The lowest BCUT2D eigenvalue weighted by molar-refractivity contribution is -0.114. The average Bonchev–Trinajstić information content (AvgIpc) is 2.77. The molecule has 1 aromatic carbocycles. The SMILES string of the molecule is C=C=C(OC)c1cc2c(cc1NC(C)=O)CCC2. The molecular formula is C15H17NO2. The largest absolute Gasteiger partial charge is 0.489 e. The zero-order valence-corrected chi connectivity index (χ0v) is 10.8. The Balaban J connectivity index is 2.54. The highest BCUT2D eigenvalue weighted by Gasteiger charge is 2.17. The predicted molar refractivity (Wildman–Crippen MR) is 72.3 cm³/mol. The fourth-order valence-electron chi connectivity index (χ4n) is 2.38. The molecule has 1 aliphatic carbocycles. The number of rotatable bonds is 3. The van der Waals surface area contributed by atoms with Crippen LogP contribution in [-0.2, 0) is 22.4 Å². The van der Waals surface area contributed by atoms with Gasteiger partial charge in [-0.3, -0.25) is 4.79 Å². The maximum atomic E-state index is 11.3. The van der Waals surface area contributed by atoms with Crippen molar-refractivity contribution in [2.24, 2.45) is 0 Å². The number of methoxy groups -OCH3 is 1. The molecule has 2 rings (SSSR count). The Bertz CT molecular complexity index is 540. The van der Waals surface area contributed by atoms with Crippen molar-refractivity contribution in [1.82, 2.24) is 0 Å². The van der Waals surface area contributed by atoms with Gasteiger partial charge in [0.1, 0.15) is 0 Å². The van der Waals surface area contributed by atoms with Crippen LogP contribution in [0.2, 0.25) is 0 Å². The Hall–Kier alpha value is -1.99. The third-order valence-corrected chi connectivity index (χ3v) is 3.15. The van der Waals surface area contributed by atoms with Crippen LogP contribution in [0.4, 0.5) is 5.69 Å². The lowest BCUT2D eigenvalue weighted by atomic mass is 10.0. The third-order valence-electron chi connectivity index (χ3n) is 3.15. The molecular weight excluding hydrogens is 226 g/mol. The molecule has 3 nitrogen and oxygen atoms in total. The first-order chi connectivity index (χ1) is 8.65. The van der Waals surface area contributed by atoms with Crippen molar-refractivity contribution in [3.8, 4) is 0 Å². The Labute approximate surface area is 107 Å². The summed E-state index contributed by atoms with van der Waals surface area (Å²) in [5.41, 5.74) is 7.02. The van der Waals surface area contributed by atoms with Crippen LogP contribution in [0.1, 0.15) is 30.0 Å². The first-order valence-electron chi connectivity index (χ1n) is 6.03. The zero-order chi connectivity index (χ0) is 13.1. The molecule has 0 unspecified atom stereocenters. The van der Waals surface area contributed by atoms with E-state index >= 15 is 0 Å². The second-order valence-electron chi connectivity index (χ2n) is 4.41. The number of carbonyl (C=O) groups excluding carboxylic acids is 1. The summed E-state index contributed by atoms with van der Waals surface area (Å²) in [6.07, 6.45) is 3.32. The summed E-state index contributed by atoms with van der Waals surface area (Å²) in [5.74, 6) is 0.474. The molecule has 1 aromatic rings. The van der Waals surface area contributed by atoms with Gasteiger partial charge in [0.05, 0.1) is 12.8 Å². The van der Waals surface area contributed by atoms with E-state index in [0.29, 0.717) is 5.76 Å². The van der Waals surface area contributed by atoms with E-state index in [9.17, 15) is 4.79 Å². The fraction of sp³-hybridized carbons (Fsp3) is 0.333. The van der Waals surface area contributed by atoms with E-state index in [4.69, 9.17) is 4.74 Å². The molecule has 0 heterocycles. The summed E-state index contributed by atoms with van der Waals surface area (Å²) in [5, 5.41) is 2.84. The normalized spacial score (nSPS) is 12.6. The molecule has 0 radical (unpaired) electrons. The fourth-order valence-corrected chi connectivity index (χ4v) is 2.38. The summed E-state index contributed by atoms with van der Waals surface area (Å²) in [7, 11) is 1.58. The van der Waals surface area contributed by atoms with Gasteiger partial charge in [-0.25, -0.2) is 0 Å². The maximum Gasteiger partial charge on any atom is 0.221 e. The van der Waals surface area contributed by atoms with Crippen molar-refractivity contribution >= 4 is 17.4 Å². The summed E-state index contributed by atoms with van der Waals surface area (Å²) >= 11 is 0. The van der Waals surface area contributed by atoms with Crippen LogP contribution >= 0.6 is 0 Å². The number of anilines is 1. The molecule has 1 amide bonds. The van der Waals surface area contributed by atoms with E-state index < -0.39 is 0 Å². The lowest BCUT2D eigenvalue weighted by Crippen LogP contribution is -2.09. The van der Waals surface area contributed by atoms with Gasteiger partial charge in [0, 0.05) is 12.5 Å². The van der Waals surface area contributed by atoms with Crippen LogP contribution in [0.15, 0.2) is 24.4 Å². The molecule has 3 heteroatoms. The number of ether oxygens (including phenoxy) is 1. The van der Waals surface area contributed by atoms with Crippen LogP contribution in [-0.4, -0.2) is 13.0 Å². The molecule has 1 aliphatic rings. The standard InChI is InChI=1S/C15H17NO2/c1-4-15(18-3)13-8-11-6-5-7-12(11)9-14(13)16-10(2)17/h8-9H,1,5-7H2,2-3H3,(H,16,17). The summed E-state index contributed by atoms with van der Waals surface area (Å²) in [4.78, 5) is 11.3. The highest BCUT2D eigenvalue weighted by atomic mass is 16.5. The third kappa shape index (κ3) is 2.31. The van der Waals surface area contributed by atoms with Crippen molar-refractivity contribution < 1.29 is 9.53 Å². The van der Waals surface area contributed by atoms with Crippen molar-refractivity contribution in [2.45, 2.75) is 26.2 Å². The molecule has 0 aliphatic heterocycles. The molecule has 0 bridgehead atoms. The first-order valence-corrected chi connectivity index (χ1v) is 6.03. The minimum Gasteiger partial charge on any atom is -0.489 e. The van der Waals surface area contributed by atoms with E-state index in [0.717, 1.165) is 24.1 Å². The number of benzene rings is 1. The van der Waals surface area contributed by atoms with Crippen LogP contribution in [0.3, 0.4) is 0 Å². The highest BCUT2D eigenvalue weighted by Crippen LogP contribution is 2.32. The molecule has 0 aromatic heterocycles. The number of hydrogen-bond donors (Lipinski definition) is 1. The lowest BCUT2D eigenvalue weighted by Gasteiger charge is -2.13. The number of nitrogens with one attached hydrogen (secondary N) is 1. The van der Waals surface area contributed by atoms with E-state index in [1.165, 1.54) is 24.5 Å². The highest BCUT2D eigenvalue weighted by molar-refractivity contribution is 5.92. The molecule has 0 spiro atoms. The monoisotopic (exact) mass is 243 g/mol. The van der Waals surface area contributed by atoms with Gasteiger partial charge in [-0.05, 0) is 42.5 Å². The molecule has 0 atom stereocenters.